The number of hydrazine groups is 1. The quantitative estimate of drug-likeness (QED) is 0.454. The molecule has 0 unspecified atom stereocenters. The van der Waals surface area contributed by atoms with Crippen molar-refractivity contribution < 1.29 is 18.3 Å². The number of anilines is 2. The van der Waals surface area contributed by atoms with Crippen molar-refractivity contribution in [1.29, 1.82) is 0 Å². The van der Waals surface area contributed by atoms with Crippen LogP contribution in [0.25, 0.3) is 0 Å². The van der Waals surface area contributed by atoms with Gasteiger partial charge in [-0.25, -0.2) is 15.8 Å². The molecule has 6 nitrogen and oxygen atoms in total. The summed E-state index contributed by atoms with van der Waals surface area (Å²) in [6.07, 6.45) is -3.29. The summed E-state index contributed by atoms with van der Waals surface area (Å²) >= 11 is 0. The number of aromatic nitrogens is 2. The van der Waals surface area contributed by atoms with Crippen molar-refractivity contribution in [3.05, 3.63) is 11.9 Å². The molecule has 0 saturated carbocycles. The van der Waals surface area contributed by atoms with Crippen LogP contribution in [-0.4, -0.2) is 28.2 Å². The molecule has 0 aliphatic carbocycles. The molecule has 0 spiro atoms. The fourth-order valence-electron chi connectivity index (χ4n) is 1.80. The van der Waals surface area contributed by atoms with E-state index in [9.17, 15) is 18.3 Å². The van der Waals surface area contributed by atoms with Crippen LogP contribution in [0.1, 0.15) is 32.5 Å². The van der Waals surface area contributed by atoms with Crippen LogP contribution in [0.15, 0.2) is 6.07 Å². The van der Waals surface area contributed by atoms with Gasteiger partial charge in [0.25, 0.3) is 0 Å². The molecule has 0 radical (unpaired) electrons. The molecule has 0 fully saturated rings. The average molecular weight is 307 g/mol. The van der Waals surface area contributed by atoms with Gasteiger partial charge < -0.3 is 15.8 Å². The van der Waals surface area contributed by atoms with Crippen LogP contribution in [0.4, 0.5) is 24.8 Å². The van der Waals surface area contributed by atoms with Crippen LogP contribution in [0.5, 0.6) is 0 Å². The predicted octanol–water partition coefficient (Wildman–Crippen LogP) is 1.99. The van der Waals surface area contributed by atoms with Crippen LogP contribution in [-0.2, 0) is 6.18 Å². The van der Waals surface area contributed by atoms with Gasteiger partial charge in [-0.05, 0) is 12.8 Å². The largest absolute Gasteiger partial charge is 0.451 e. The normalized spacial score (nSPS) is 12.3. The van der Waals surface area contributed by atoms with Gasteiger partial charge >= 0.3 is 6.18 Å². The number of aliphatic hydroxyl groups is 1. The minimum atomic E-state index is -4.66. The van der Waals surface area contributed by atoms with Gasteiger partial charge in [0, 0.05) is 18.0 Å². The summed E-state index contributed by atoms with van der Waals surface area (Å²) in [6, 6.07) is 1.28. The summed E-state index contributed by atoms with van der Waals surface area (Å²) in [7, 11) is 0. The van der Waals surface area contributed by atoms with Gasteiger partial charge in [-0.15, -0.1) is 0 Å². The topological polar surface area (TPSA) is 96.1 Å². The summed E-state index contributed by atoms with van der Waals surface area (Å²) in [6.45, 7) is 4.06. The van der Waals surface area contributed by atoms with E-state index in [1.54, 1.807) is 0 Å². The number of aliphatic hydroxyl groups excluding tert-OH is 1. The third-order valence-electron chi connectivity index (χ3n) is 3.61. The van der Waals surface area contributed by atoms with Crippen molar-refractivity contribution in [3.8, 4) is 0 Å². The second kappa shape index (κ2) is 6.90. The Morgan fingerprint density at radius 1 is 1.19 bits per heavy atom. The van der Waals surface area contributed by atoms with Crippen LogP contribution >= 0.6 is 0 Å². The minimum absolute atomic E-state index is 0.00463. The van der Waals surface area contributed by atoms with Crippen molar-refractivity contribution >= 4 is 11.6 Å². The van der Waals surface area contributed by atoms with E-state index in [0.29, 0.717) is 19.4 Å². The molecule has 0 aliphatic heterocycles. The number of alkyl halides is 3. The zero-order chi connectivity index (χ0) is 16.1. The maximum atomic E-state index is 12.7. The van der Waals surface area contributed by atoms with Gasteiger partial charge in [0.1, 0.15) is 11.6 Å². The first-order valence-electron chi connectivity index (χ1n) is 6.58. The second-order valence-electron chi connectivity index (χ2n) is 4.82. The Bertz CT molecular complexity index is 454. The molecule has 1 heterocycles. The Balaban J connectivity index is 2.98. The summed E-state index contributed by atoms with van der Waals surface area (Å²) in [4.78, 5) is 6.70. The van der Waals surface area contributed by atoms with E-state index in [-0.39, 0.29) is 18.2 Å². The first kappa shape index (κ1) is 17.4. The van der Waals surface area contributed by atoms with Gasteiger partial charge in [-0.1, -0.05) is 13.8 Å². The zero-order valence-corrected chi connectivity index (χ0v) is 12.0. The van der Waals surface area contributed by atoms with Crippen molar-refractivity contribution in [2.75, 3.05) is 23.9 Å². The Morgan fingerprint density at radius 3 is 2.19 bits per heavy atom. The van der Waals surface area contributed by atoms with E-state index in [0.717, 1.165) is 0 Å². The number of halogens is 3. The molecule has 9 heteroatoms. The van der Waals surface area contributed by atoms with Crippen molar-refractivity contribution in [2.45, 2.75) is 32.9 Å². The Morgan fingerprint density at radius 2 is 1.76 bits per heavy atom. The molecule has 0 bridgehead atoms. The van der Waals surface area contributed by atoms with Crippen LogP contribution < -0.4 is 16.6 Å². The first-order valence-corrected chi connectivity index (χ1v) is 6.58. The number of hydrogen-bond acceptors (Lipinski definition) is 6. The van der Waals surface area contributed by atoms with Crippen LogP contribution in [0, 0.1) is 5.41 Å². The van der Waals surface area contributed by atoms with E-state index < -0.39 is 17.4 Å². The fraction of sp³-hybridized carbons (Fsp3) is 0.667. The number of nitrogens with zero attached hydrogens (tertiary/aromatic N) is 2. The predicted molar refractivity (Wildman–Crippen MR) is 73.4 cm³/mol. The highest BCUT2D eigenvalue weighted by Crippen LogP contribution is 2.29. The monoisotopic (exact) mass is 307 g/mol. The first-order chi connectivity index (χ1) is 9.80. The maximum absolute atomic E-state index is 12.7. The molecule has 0 amide bonds. The molecule has 0 aliphatic rings. The second-order valence-corrected chi connectivity index (χ2v) is 4.82. The summed E-state index contributed by atoms with van der Waals surface area (Å²) in [5, 5.41) is 12.3. The standard InChI is InChI=1S/C12H20F3N5O/c1-3-11(4-2,7-21)6-17-8-5-9(20-16)19-10(18-8)12(13,14)15/h5,21H,3-4,6-7,16H2,1-2H3,(H2,17,18,19,20). The van der Waals surface area contributed by atoms with Gasteiger partial charge in [0.15, 0.2) is 0 Å². The highest BCUT2D eigenvalue weighted by Gasteiger charge is 2.35. The molecular weight excluding hydrogens is 287 g/mol. The fourth-order valence-corrected chi connectivity index (χ4v) is 1.80. The molecule has 0 saturated heterocycles. The van der Waals surface area contributed by atoms with E-state index in [1.165, 1.54) is 6.07 Å². The number of nitrogens with two attached hydrogens (primary N) is 1. The highest BCUT2D eigenvalue weighted by molar-refractivity contribution is 5.47. The maximum Gasteiger partial charge on any atom is 0.451 e. The number of nitrogen functional groups attached to an aromatic ring is 1. The molecule has 5 N–H and O–H groups in total. The molecule has 1 aromatic heterocycles. The molecule has 120 valence electrons. The smallest absolute Gasteiger partial charge is 0.396 e. The van der Waals surface area contributed by atoms with Gasteiger partial charge in [0.05, 0.1) is 6.61 Å². The Labute approximate surface area is 120 Å². The van der Waals surface area contributed by atoms with Gasteiger partial charge in [-0.2, -0.15) is 13.2 Å². The van der Waals surface area contributed by atoms with E-state index >= 15 is 0 Å². The van der Waals surface area contributed by atoms with Gasteiger partial charge in [0.2, 0.25) is 5.82 Å². The number of nitrogens with one attached hydrogen (secondary N) is 2. The lowest BCUT2D eigenvalue weighted by Crippen LogP contribution is -2.32. The summed E-state index contributed by atoms with van der Waals surface area (Å²) in [5.41, 5.74) is 1.68. The Hall–Kier alpha value is -1.61. The van der Waals surface area contributed by atoms with Gasteiger partial charge in [-0.3, -0.25) is 0 Å². The minimum Gasteiger partial charge on any atom is -0.396 e. The highest BCUT2D eigenvalue weighted by atomic mass is 19.4. The third kappa shape index (κ3) is 4.43. The molecule has 0 aromatic carbocycles. The van der Waals surface area contributed by atoms with E-state index in [1.807, 2.05) is 13.8 Å². The van der Waals surface area contributed by atoms with Crippen molar-refractivity contribution in [1.82, 2.24) is 9.97 Å². The third-order valence-corrected chi connectivity index (χ3v) is 3.61. The van der Waals surface area contributed by atoms with Crippen molar-refractivity contribution in [2.24, 2.45) is 11.3 Å². The van der Waals surface area contributed by atoms with Crippen LogP contribution in [0.2, 0.25) is 0 Å². The number of hydrogen-bond donors (Lipinski definition) is 4. The Kier molecular flexibility index (Phi) is 5.73. The lowest BCUT2D eigenvalue weighted by Gasteiger charge is -2.29. The SMILES string of the molecule is CCC(CC)(CO)CNc1cc(NN)nc(C(F)(F)F)n1. The van der Waals surface area contributed by atoms with E-state index in [2.05, 4.69) is 20.7 Å². The molecule has 1 rings (SSSR count). The lowest BCUT2D eigenvalue weighted by atomic mass is 9.83. The molecule has 0 atom stereocenters. The number of rotatable bonds is 7. The summed E-state index contributed by atoms with van der Waals surface area (Å²) in [5.74, 6) is 3.71. The molecule has 21 heavy (non-hydrogen) atoms. The molecular formula is C12H20F3N5O. The average Bonchev–Trinajstić information content (AvgIpc) is 2.48. The van der Waals surface area contributed by atoms with Crippen LogP contribution in [0.3, 0.4) is 0 Å². The summed E-state index contributed by atoms with van der Waals surface area (Å²) < 4.78 is 38.1. The lowest BCUT2D eigenvalue weighted by molar-refractivity contribution is -0.144. The van der Waals surface area contributed by atoms with Crippen molar-refractivity contribution in [3.63, 3.8) is 0 Å². The molecule has 1 aromatic rings. The van der Waals surface area contributed by atoms with E-state index in [4.69, 9.17) is 5.84 Å². The zero-order valence-electron chi connectivity index (χ0n) is 12.0.